The third kappa shape index (κ3) is 5.38. The molecule has 3 aromatic carbocycles. The lowest BCUT2D eigenvalue weighted by Crippen LogP contribution is -2.28. The van der Waals surface area contributed by atoms with Gasteiger partial charge in [0.2, 0.25) is 0 Å². The second-order valence-corrected chi connectivity index (χ2v) is 9.25. The van der Waals surface area contributed by atoms with Crippen molar-refractivity contribution in [2.24, 2.45) is 0 Å². The van der Waals surface area contributed by atoms with Gasteiger partial charge in [0, 0.05) is 11.1 Å². The van der Waals surface area contributed by atoms with E-state index < -0.39 is 29.4 Å². The van der Waals surface area contributed by atoms with Crippen LogP contribution >= 0.6 is 0 Å². The van der Waals surface area contributed by atoms with Gasteiger partial charge < -0.3 is 14.4 Å². The Labute approximate surface area is 213 Å². The molecule has 4 rings (SSSR count). The molecule has 2 N–H and O–H groups in total. The molecule has 190 valence electrons. The van der Waals surface area contributed by atoms with E-state index in [1.165, 1.54) is 6.07 Å². The lowest BCUT2D eigenvalue weighted by molar-refractivity contribution is -0.142. The summed E-state index contributed by atoms with van der Waals surface area (Å²) in [5, 5.41) is 16.1. The molecule has 0 saturated heterocycles. The number of aromatic nitrogens is 1. The molecule has 0 aliphatic carbocycles. The van der Waals surface area contributed by atoms with Crippen molar-refractivity contribution in [2.45, 2.75) is 39.2 Å². The number of benzene rings is 3. The van der Waals surface area contributed by atoms with Crippen molar-refractivity contribution in [1.29, 1.82) is 0 Å². The average Bonchev–Trinajstić information content (AvgIpc) is 3.24. The summed E-state index contributed by atoms with van der Waals surface area (Å²) in [6.45, 7) is 6.62. The van der Waals surface area contributed by atoms with E-state index in [9.17, 15) is 19.1 Å². The number of ether oxygens (including phenoxy) is 1. The minimum atomic E-state index is -0.982. The number of rotatable bonds is 7. The van der Waals surface area contributed by atoms with Gasteiger partial charge in [0.1, 0.15) is 23.3 Å². The maximum absolute atomic E-state index is 14.0. The number of nitrogens with zero attached hydrogens (tertiary/aromatic N) is 1. The predicted octanol–water partition coefficient (Wildman–Crippen LogP) is 7.13. The smallest absolute Gasteiger partial charge is 0.412 e. The fourth-order valence-electron chi connectivity index (χ4n) is 3.89. The third-order valence-corrected chi connectivity index (χ3v) is 6.34. The Morgan fingerprint density at radius 1 is 0.973 bits per heavy atom. The molecular formula is C29H27FN2O5. The van der Waals surface area contributed by atoms with Gasteiger partial charge in [0.15, 0.2) is 5.76 Å². The molecule has 1 atom stereocenters. The van der Waals surface area contributed by atoms with Gasteiger partial charge in [-0.25, -0.2) is 9.18 Å². The maximum Gasteiger partial charge on any atom is 0.412 e. The average molecular weight is 503 g/mol. The molecule has 1 aromatic heterocycles. The van der Waals surface area contributed by atoms with Gasteiger partial charge in [-0.2, -0.15) is 0 Å². The highest BCUT2D eigenvalue weighted by atomic mass is 19.1. The van der Waals surface area contributed by atoms with Crippen LogP contribution in [-0.2, 0) is 14.9 Å². The van der Waals surface area contributed by atoms with E-state index >= 15 is 0 Å². The second-order valence-electron chi connectivity index (χ2n) is 9.25. The van der Waals surface area contributed by atoms with E-state index in [4.69, 9.17) is 9.26 Å². The lowest BCUT2D eigenvalue weighted by Gasteiger charge is -2.19. The number of carboxylic acid groups (broad SMARTS) is 1. The standard InChI is InChI=1S/C29H27FN2O5/c1-17-25(31-28(35)36-18(2)23-7-5-6-8-24(23)30)26(37-32-17)21-11-9-19(10-12-21)20-13-15-22(16-14-20)29(3,4)27(33)34/h5-16,18H,1-4H3,(H,31,35)(H,33,34)/t18-/m1/s1. The molecule has 0 saturated carbocycles. The molecule has 7 nitrogen and oxygen atoms in total. The topological polar surface area (TPSA) is 102 Å². The van der Waals surface area contributed by atoms with E-state index in [2.05, 4.69) is 10.5 Å². The lowest BCUT2D eigenvalue weighted by atomic mass is 9.84. The molecule has 1 heterocycles. The summed E-state index contributed by atoms with van der Waals surface area (Å²) in [5.41, 5.74) is 3.36. The Morgan fingerprint density at radius 3 is 2.14 bits per heavy atom. The van der Waals surface area contributed by atoms with E-state index in [1.54, 1.807) is 45.9 Å². The van der Waals surface area contributed by atoms with Gasteiger partial charge in [0.05, 0.1) is 5.41 Å². The minimum Gasteiger partial charge on any atom is -0.481 e. The zero-order chi connectivity index (χ0) is 26.7. The minimum absolute atomic E-state index is 0.273. The molecule has 0 aliphatic rings. The Balaban J connectivity index is 1.50. The molecule has 0 aliphatic heterocycles. The van der Waals surface area contributed by atoms with Crippen LogP contribution in [0.15, 0.2) is 77.3 Å². The van der Waals surface area contributed by atoms with Gasteiger partial charge in [-0.15, -0.1) is 0 Å². The van der Waals surface area contributed by atoms with Crippen LogP contribution < -0.4 is 5.32 Å². The first-order chi connectivity index (χ1) is 17.6. The van der Waals surface area contributed by atoms with Crippen molar-refractivity contribution in [3.63, 3.8) is 0 Å². The highest BCUT2D eigenvalue weighted by molar-refractivity contribution is 5.91. The molecule has 37 heavy (non-hydrogen) atoms. The van der Waals surface area contributed by atoms with E-state index in [0.29, 0.717) is 28.3 Å². The van der Waals surface area contributed by atoms with Crippen molar-refractivity contribution >= 4 is 17.7 Å². The molecule has 1 amide bonds. The molecule has 0 radical (unpaired) electrons. The fraction of sp³-hybridized carbons (Fsp3) is 0.207. The van der Waals surface area contributed by atoms with E-state index in [1.807, 2.05) is 48.5 Å². The summed E-state index contributed by atoms with van der Waals surface area (Å²) in [6, 6.07) is 21.0. The van der Waals surface area contributed by atoms with Gasteiger partial charge in [-0.05, 0) is 50.5 Å². The Kier molecular flexibility index (Phi) is 7.11. The van der Waals surface area contributed by atoms with Gasteiger partial charge >= 0.3 is 12.1 Å². The number of hydrogen-bond acceptors (Lipinski definition) is 5. The summed E-state index contributed by atoms with van der Waals surface area (Å²) in [4.78, 5) is 24.1. The second kappa shape index (κ2) is 10.3. The molecule has 0 spiro atoms. The van der Waals surface area contributed by atoms with Crippen LogP contribution in [-0.4, -0.2) is 22.3 Å². The highest BCUT2D eigenvalue weighted by Crippen LogP contribution is 2.33. The van der Waals surface area contributed by atoms with Crippen LogP contribution in [0, 0.1) is 12.7 Å². The maximum atomic E-state index is 14.0. The Bertz CT molecular complexity index is 1430. The van der Waals surface area contributed by atoms with Gasteiger partial charge in [-0.1, -0.05) is 71.9 Å². The van der Waals surface area contributed by atoms with Crippen LogP contribution in [0.2, 0.25) is 0 Å². The monoisotopic (exact) mass is 502 g/mol. The van der Waals surface area contributed by atoms with Gasteiger partial charge in [0.25, 0.3) is 0 Å². The molecule has 0 fully saturated rings. The number of nitrogens with one attached hydrogen (secondary N) is 1. The van der Waals surface area contributed by atoms with Crippen LogP contribution in [0.4, 0.5) is 14.9 Å². The summed E-state index contributed by atoms with van der Waals surface area (Å²) in [5.74, 6) is -0.981. The molecule has 4 aromatic rings. The van der Waals surface area contributed by atoms with E-state index in [0.717, 1.165) is 11.1 Å². The first kappa shape index (κ1) is 25.6. The SMILES string of the molecule is Cc1noc(-c2ccc(-c3ccc(C(C)(C)C(=O)O)cc3)cc2)c1NC(=O)O[C@H](C)c1ccccc1F. The summed E-state index contributed by atoms with van der Waals surface area (Å²) < 4.78 is 24.9. The van der Waals surface area contributed by atoms with Crippen LogP contribution in [0.3, 0.4) is 0 Å². The number of anilines is 1. The van der Waals surface area contributed by atoms with Crippen molar-refractivity contribution in [2.75, 3.05) is 5.32 Å². The van der Waals surface area contributed by atoms with Crippen LogP contribution in [0.5, 0.6) is 0 Å². The van der Waals surface area contributed by atoms with Gasteiger partial charge in [-0.3, -0.25) is 10.1 Å². The Hall–Kier alpha value is -4.46. The third-order valence-electron chi connectivity index (χ3n) is 6.34. The van der Waals surface area contributed by atoms with Crippen LogP contribution in [0.25, 0.3) is 22.5 Å². The number of aliphatic carboxylic acids is 1. The van der Waals surface area contributed by atoms with E-state index in [-0.39, 0.29) is 5.56 Å². The Morgan fingerprint density at radius 2 is 1.54 bits per heavy atom. The first-order valence-corrected chi connectivity index (χ1v) is 11.7. The normalized spacial score (nSPS) is 12.1. The molecule has 0 bridgehead atoms. The molecule has 8 heteroatoms. The van der Waals surface area contributed by atoms with Crippen molar-refractivity contribution in [3.05, 3.63) is 95.4 Å². The number of hydrogen-bond donors (Lipinski definition) is 2. The van der Waals surface area contributed by atoms with Crippen molar-refractivity contribution in [3.8, 4) is 22.5 Å². The fourth-order valence-corrected chi connectivity index (χ4v) is 3.89. The quantitative estimate of drug-likeness (QED) is 0.279. The number of aryl methyl sites for hydroxylation is 1. The summed E-state index contributed by atoms with van der Waals surface area (Å²) >= 11 is 0. The summed E-state index contributed by atoms with van der Waals surface area (Å²) in [7, 11) is 0. The largest absolute Gasteiger partial charge is 0.481 e. The number of carboxylic acids is 1. The van der Waals surface area contributed by atoms with Crippen molar-refractivity contribution < 1.29 is 28.3 Å². The number of carbonyl (C=O) groups excluding carboxylic acids is 1. The highest BCUT2D eigenvalue weighted by Gasteiger charge is 2.29. The zero-order valence-electron chi connectivity index (χ0n) is 20.9. The zero-order valence-corrected chi connectivity index (χ0v) is 20.9. The first-order valence-electron chi connectivity index (χ1n) is 11.7. The number of carbonyl (C=O) groups is 2. The number of halogens is 1. The van der Waals surface area contributed by atoms with Crippen molar-refractivity contribution in [1.82, 2.24) is 5.16 Å². The molecule has 0 unspecified atom stereocenters. The number of amides is 1. The summed E-state index contributed by atoms with van der Waals surface area (Å²) in [6.07, 6.45) is -1.55. The van der Waals surface area contributed by atoms with Crippen LogP contribution in [0.1, 0.15) is 43.7 Å². The predicted molar refractivity (Wildman–Crippen MR) is 138 cm³/mol. The molecular weight excluding hydrogens is 475 g/mol.